The van der Waals surface area contributed by atoms with Crippen LogP contribution in [0, 0.1) is 0 Å². The van der Waals surface area contributed by atoms with Crippen molar-refractivity contribution in [1.82, 2.24) is 8.75 Å². The summed E-state index contributed by atoms with van der Waals surface area (Å²) in [6.07, 6.45) is 15.0. The van der Waals surface area contributed by atoms with Crippen LogP contribution in [0.2, 0.25) is 0 Å². The molecule has 0 bridgehead atoms. The fourth-order valence-electron chi connectivity index (χ4n) is 8.60. The van der Waals surface area contributed by atoms with Crippen molar-refractivity contribution in [1.29, 1.82) is 0 Å². The van der Waals surface area contributed by atoms with Crippen LogP contribution in [0.1, 0.15) is 101 Å². The predicted octanol–water partition coefficient (Wildman–Crippen LogP) is 17.0. The molecule has 0 unspecified atom stereocenters. The van der Waals surface area contributed by atoms with E-state index in [1.807, 2.05) is 18.2 Å². The lowest BCUT2D eigenvalue weighted by Gasteiger charge is -2.26. The van der Waals surface area contributed by atoms with E-state index in [9.17, 15) is 9.90 Å². The molecular formula is C59H61N3O4S. The summed E-state index contributed by atoms with van der Waals surface area (Å²) in [5, 5.41) is 9.41. The minimum atomic E-state index is -0.949. The van der Waals surface area contributed by atoms with Gasteiger partial charge in [-0.05, 0) is 119 Å². The maximum atomic E-state index is 11.5. The Morgan fingerprint density at radius 2 is 0.761 bits per heavy atom. The van der Waals surface area contributed by atoms with Crippen LogP contribution in [0.3, 0.4) is 0 Å². The third-order valence-corrected chi connectivity index (χ3v) is 13.0. The summed E-state index contributed by atoms with van der Waals surface area (Å²) in [6, 6.07) is 54.1. The van der Waals surface area contributed by atoms with E-state index in [4.69, 9.17) is 13.8 Å². The highest BCUT2D eigenvalue weighted by atomic mass is 32.1. The summed E-state index contributed by atoms with van der Waals surface area (Å²) in [5.41, 5.74) is 13.3. The number of unbranched alkanes of at least 4 members (excludes halogenated alkanes) is 10. The average molecular weight is 908 g/mol. The van der Waals surface area contributed by atoms with Gasteiger partial charge in [-0.25, -0.2) is 4.79 Å². The van der Waals surface area contributed by atoms with Gasteiger partial charge in [-0.1, -0.05) is 163 Å². The number of aromatic carboxylic acids is 1. The lowest BCUT2D eigenvalue weighted by molar-refractivity contribution is 0.0697. The van der Waals surface area contributed by atoms with E-state index in [1.165, 1.54) is 75.9 Å². The van der Waals surface area contributed by atoms with Crippen LogP contribution in [0.15, 0.2) is 158 Å². The topological polar surface area (TPSA) is 84.8 Å². The van der Waals surface area contributed by atoms with E-state index in [1.54, 1.807) is 12.1 Å². The molecule has 0 atom stereocenters. The molecule has 0 aliphatic heterocycles. The van der Waals surface area contributed by atoms with Gasteiger partial charge in [0.05, 0.1) is 30.5 Å². The highest BCUT2D eigenvalue weighted by Crippen LogP contribution is 2.40. The van der Waals surface area contributed by atoms with Crippen LogP contribution in [0.5, 0.6) is 11.5 Å². The van der Waals surface area contributed by atoms with Crippen molar-refractivity contribution in [3.8, 4) is 56.0 Å². The standard InChI is InChI=1S/C59H61N3O4S/c1-3-5-7-9-11-13-41-65-53-35-25-45(26-36-53)43-19-29-50(30-20-43)62(51-31-21-44(22-32-51)46-27-37-54(38-28-46)66-42-14-12-10-8-6-4-2)52-33-23-48(24-34-52)56-40-39-55(57-58(56)61-67-60-57)47-15-17-49(18-16-47)59(63)64/h15-40H,3-14,41-42H2,1-2H3,(H,63,64). The highest BCUT2D eigenvalue weighted by molar-refractivity contribution is 7.00. The number of ether oxygens (including phenoxy) is 2. The Kier molecular flexibility index (Phi) is 16.5. The molecule has 7 nitrogen and oxygen atoms in total. The summed E-state index contributed by atoms with van der Waals surface area (Å²) >= 11 is 1.18. The first-order chi connectivity index (χ1) is 33.0. The Bertz CT molecular complexity index is 2660. The monoisotopic (exact) mass is 907 g/mol. The molecule has 0 radical (unpaired) electrons. The van der Waals surface area contributed by atoms with Crippen molar-refractivity contribution in [3.05, 3.63) is 163 Å². The van der Waals surface area contributed by atoms with Crippen molar-refractivity contribution >= 4 is 45.8 Å². The van der Waals surface area contributed by atoms with E-state index in [0.717, 1.165) is 110 Å². The van der Waals surface area contributed by atoms with Crippen molar-refractivity contribution in [2.24, 2.45) is 0 Å². The second-order valence-electron chi connectivity index (χ2n) is 17.3. The summed E-state index contributed by atoms with van der Waals surface area (Å²) < 4.78 is 21.6. The zero-order valence-corrected chi connectivity index (χ0v) is 39.6. The Morgan fingerprint density at radius 1 is 0.433 bits per heavy atom. The summed E-state index contributed by atoms with van der Waals surface area (Å²) in [5.74, 6) is 0.874. The van der Waals surface area contributed by atoms with E-state index in [0.29, 0.717) is 0 Å². The van der Waals surface area contributed by atoms with Gasteiger partial charge in [0.2, 0.25) is 0 Å². The Balaban J connectivity index is 1.02. The first kappa shape index (κ1) is 46.7. The number of hydrogen-bond acceptors (Lipinski definition) is 7. The minimum Gasteiger partial charge on any atom is -0.494 e. The van der Waals surface area contributed by atoms with Gasteiger partial charge in [-0.15, -0.1) is 0 Å². The number of hydrogen-bond donors (Lipinski definition) is 1. The zero-order valence-electron chi connectivity index (χ0n) is 38.8. The van der Waals surface area contributed by atoms with Crippen LogP contribution >= 0.6 is 11.7 Å². The minimum absolute atomic E-state index is 0.248. The number of nitrogens with zero attached hydrogens (tertiary/aromatic N) is 3. The molecule has 8 aromatic rings. The highest BCUT2D eigenvalue weighted by Gasteiger charge is 2.17. The smallest absolute Gasteiger partial charge is 0.335 e. The van der Waals surface area contributed by atoms with E-state index in [-0.39, 0.29) is 5.56 Å². The van der Waals surface area contributed by atoms with Gasteiger partial charge in [0.25, 0.3) is 0 Å². The van der Waals surface area contributed by atoms with Crippen molar-refractivity contribution in [3.63, 3.8) is 0 Å². The molecule has 8 rings (SSSR count). The second kappa shape index (κ2) is 23.6. The molecule has 1 N–H and O–H groups in total. The van der Waals surface area contributed by atoms with Crippen LogP contribution < -0.4 is 14.4 Å². The molecular weight excluding hydrogens is 847 g/mol. The number of carboxylic acids is 1. The van der Waals surface area contributed by atoms with Crippen molar-refractivity contribution in [2.75, 3.05) is 18.1 Å². The molecule has 0 amide bonds. The number of carbonyl (C=O) groups is 1. The second-order valence-corrected chi connectivity index (χ2v) is 17.8. The molecule has 0 aliphatic rings. The van der Waals surface area contributed by atoms with Crippen molar-refractivity contribution < 1.29 is 19.4 Å². The number of benzene rings is 7. The Hall–Kier alpha value is -6.77. The summed E-state index contributed by atoms with van der Waals surface area (Å²) in [4.78, 5) is 13.8. The zero-order chi connectivity index (χ0) is 46.2. The van der Waals surface area contributed by atoms with Crippen LogP contribution in [-0.2, 0) is 0 Å². The molecule has 1 heterocycles. The molecule has 0 spiro atoms. The van der Waals surface area contributed by atoms with E-state index in [2.05, 4.69) is 151 Å². The number of carboxylic acid groups (broad SMARTS) is 1. The third kappa shape index (κ3) is 12.2. The normalized spacial score (nSPS) is 11.2. The molecule has 0 fully saturated rings. The van der Waals surface area contributed by atoms with Gasteiger partial charge in [0.15, 0.2) is 0 Å². The predicted molar refractivity (Wildman–Crippen MR) is 279 cm³/mol. The van der Waals surface area contributed by atoms with Gasteiger partial charge in [-0.3, -0.25) is 0 Å². The fraction of sp³-hybridized carbons (Fsp3) is 0.271. The Morgan fingerprint density at radius 3 is 1.13 bits per heavy atom. The van der Waals surface area contributed by atoms with Crippen LogP contribution in [0.25, 0.3) is 55.5 Å². The molecule has 1 aromatic heterocycles. The first-order valence-corrected chi connectivity index (χ1v) is 24.9. The fourth-order valence-corrected chi connectivity index (χ4v) is 9.17. The van der Waals surface area contributed by atoms with Gasteiger partial charge in [0.1, 0.15) is 22.5 Å². The first-order valence-electron chi connectivity index (χ1n) is 24.1. The maximum absolute atomic E-state index is 11.5. The van der Waals surface area contributed by atoms with E-state index < -0.39 is 5.97 Å². The quantitative estimate of drug-likeness (QED) is 0.0605. The lowest BCUT2D eigenvalue weighted by Crippen LogP contribution is -2.09. The third-order valence-electron chi connectivity index (χ3n) is 12.5. The molecule has 7 aromatic carbocycles. The van der Waals surface area contributed by atoms with Crippen LogP contribution in [-0.4, -0.2) is 33.0 Å². The number of aromatic nitrogens is 2. The van der Waals surface area contributed by atoms with Gasteiger partial charge < -0.3 is 19.5 Å². The SMILES string of the molecule is CCCCCCCCOc1ccc(-c2ccc(N(c3ccc(-c4ccc(OCCCCCCCC)cc4)cc3)c3ccc(-c4ccc(-c5ccc(C(=O)O)cc5)c5nsnc45)cc3)cc2)cc1. The molecule has 0 aliphatic carbocycles. The molecule has 8 heteroatoms. The van der Waals surface area contributed by atoms with Gasteiger partial charge in [0, 0.05) is 28.2 Å². The Labute approximate surface area is 400 Å². The number of rotatable bonds is 24. The average Bonchev–Trinajstić information content (AvgIpc) is 3.87. The summed E-state index contributed by atoms with van der Waals surface area (Å²) in [6.45, 7) is 6.01. The number of fused-ring (bicyclic) bond motifs is 1. The van der Waals surface area contributed by atoms with Crippen molar-refractivity contribution in [2.45, 2.75) is 90.9 Å². The molecule has 342 valence electrons. The molecule has 0 saturated heterocycles. The number of anilines is 3. The molecule has 0 saturated carbocycles. The van der Waals surface area contributed by atoms with Gasteiger partial charge >= 0.3 is 5.97 Å². The van der Waals surface area contributed by atoms with Crippen LogP contribution in [0.4, 0.5) is 17.1 Å². The lowest BCUT2D eigenvalue weighted by atomic mass is 9.97. The summed E-state index contributed by atoms with van der Waals surface area (Å²) in [7, 11) is 0. The van der Waals surface area contributed by atoms with E-state index >= 15 is 0 Å². The molecule has 67 heavy (non-hydrogen) atoms. The van der Waals surface area contributed by atoms with Gasteiger partial charge in [-0.2, -0.15) is 8.75 Å². The maximum Gasteiger partial charge on any atom is 0.335 e. The largest absolute Gasteiger partial charge is 0.494 e.